The van der Waals surface area contributed by atoms with Crippen LogP contribution in [-0.2, 0) is 4.79 Å². The van der Waals surface area contributed by atoms with Crippen LogP contribution >= 0.6 is 12.2 Å². The van der Waals surface area contributed by atoms with Gasteiger partial charge in [0.25, 0.3) is 0 Å². The molecule has 9 heavy (non-hydrogen) atoms. The molecule has 0 aliphatic rings. The zero-order valence-electron chi connectivity index (χ0n) is 4.37. The van der Waals surface area contributed by atoms with E-state index in [0.29, 0.717) is 0 Å². The second-order valence-electron chi connectivity index (χ2n) is 1.21. The van der Waals surface area contributed by atoms with Crippen LogP contribution < -0.4 is 11.0 Å². The molecule has 52 valence electrons. The van der Waals surface area contributed by atoms with Crippen molar-refractivity contribution in [2.45, 2.75) is 6.04 Å². The van der Waals surface area contributed by atoms with Crippen LogP contribution in [0.1, 0.15) is 0 Å². The summed E-state index contributed by atoms with van der Waals surface area (Å²) in [5.74, 6) is -1.15. The Labute approximate surface area is 56.6 Å². The fourth-order valence-corrected chi connectivity index (χ4v) is 0.408. The Bertz CT molecular complexity index is 118. The van der Waals surface area contributed by atoms with Crippen molar-refractivity contribution in [3.63, 3.8) is 0 Å². The molecule has 5 nitrogen and oxygen atoms in total. The first-order chi connectivity index (χ1) is 4.22. The van der Waals surface area contributed by atoms with E-state index in [9.17, 15) is 4.79 Å². The summed E-state index contributed by atoms with van der Waals surface area (Å²) in [7, 11) is 0. The zero-order valence-corrected chi connectivity index (χ0v) is 5.18. The lowest BCUT2D eigenvalue weighted by molar-refractivity contribution is -0.138. The van der Waals surface area contributed by atoms with Crippen LogP contribution in [0.5, 0.6) is 0 Å². The van der Waals surface area contributed by atoms with Crippen molar-refractivity contribution in [3.05, 3.63) is 0 Å². The number of hydrazine groups is 1. The first kappa shape index (κ1) is 8.44. The summed E-state index contributed by atoms with van der Waals surface area (Å²) in [6, 6.07) is -1.04. The lowest BCUT2D eigenvalue weighted by Gasteiger charge is -2.04. The van der Waals surface area contributed by atoms with Gasteiger partial charge >= 0.3 is 5.97 Å². The average Bonchev–Trinajstić information content (AvgIpc) is 1.82. The first-order valence-electron chi connectivity index (χ1n) is 2.05. The zero-order chi connectivity index (χ0) is 7.28. The van der Waals surface area contributed by atoms with Crippen molar-refractivity contribution >= 4 is 23.6 Å². The molecule has 0 heterocycles. The van der Waals surface area contributed by atoms with Gasteiger partial charge in [-0.2, -0.15) is 0 Å². The smallest absolute Gasteiger partial charge is 0.326 e. The van der Waals surface area contributed by atoms with E-state index in [2.05, 4.69) is 12.2 Å². The van der Waals surface area contributed by atoms with Crippen LogP contribution in [-0.4, -0.2) is 27.7 Å². The van der Waals surface area contributed by atoms with Crippen LogP contribution in [0.3, 0.4) is 0 Å². The average molecular weight is 150 g/mol. The summed E-state index contributed by atoms with van der Waals surface area (Å²) in [4.78, 5) is 10.0. The summed E-state index contributed by atoms with van der Waals surface area (Å²) >= 11 is 4.30. The highest BCUT2D eigenvalue weighted by Gasteiger charge is 2.10. The summed E-state index contributed by atoms with van der Waals surface area (Å²) in [6.45, 7) is 0. The molecule has 6 heteroatoms. The van der Waals surface area contributed by atoms with Gasteiger partial charge in [0.2, 0.25) is 0 Å². The molecule has 0 saturated heterocycles. The SMILES string of the molecule is O=C(O)[C@@H](C=S)NNO. The number of carbonyl (C=O) groups is 1. The van der Waals surface area contributed by atoms with Crippen molar-refractivity contribution in [2.75, 3.05) is 0 Å². The lowest BCUT2D eigenvalue weighted by Crippen LogP contribution is -2.44. The normalized spacial score (nSPS) is 12.6. The second-order valence-corrected chi connectivity index (χ2v) is 1.48. The van der Waals surface area contributed by atoms with Gasteiger partial charge in [0, 0.05) is 5.37 Å². The molecule has 0 aliphatic heterocycles. The van der Waals surface area contributed by atoms with E-state index in [0.717, 1.165) is 5.37 Å². The van der Waals surface area contributed by atoms with E-state index < -0.39 is 12.0 Å². The van der Waals surface area contributed by atoms with E-state index >= 15 is 0 Å². The van der Waals surface area contributed by atoms with Gasteiger partial charge in [-0.15, -0.1) is 5.59 Å². The van der Waals surface area contributed by atoms with Gasteiger partial charge in [0.15, 0.2) is 0 Å². The highest BCUT2D eigenvalue weighted by molar-refractivity contribution is 7.79. The molecule has 0 aliphatic carbocycles. The molecule has 0 aromatic rings. The number of carboxylic acids is 1. The molecular weight excluding hydrogens is 144 g/mol. The van der Waals surface area contributed by atoms with E-state index in [-0.39, 0.29) is 0 Å². The Kier molecular flexibility index (Phi) is 4.06. The van der Waals surface area contributed by atoms with E-state index in [4.69, 9.17) is 10.3 Å². The highest BCUT2D eigenvalue weighted by atomic mass is 32.1. The number of carboxylic acid groups (broad SMARTS) is 1. The third-order valence-electron chi connectivity index (χ3n) is 0.622. The minimum Gasteiger partial charge on any atom is -0.480 e. The summed E-state index contributed by atoms with van der Waals surface area (Å²) in [5.41, 5.74) is 3.45. The molecule has 4 N–H and O–H groups in total. The fourth-order valence-electron chi connectivity index (χ4n) is 0.224. The van der Waals surface area contributed by atoms with Gasteiger partial charge in [0.05, 0.1) is 0 Å². The minimum atomic E-state index is -1.15. The molecule has 0 spiro atoms. The second kappa shape index (κ2) is 4.33. The molecule has 0 saturated carbocycles. The number of hydrogen-bond acceptors (Lipinski definition) is 5. The number of hydrogen-bond donors (Lipinski definition) is 4. The quantitative estimate of drug-likeness (QED) is 0.301. The van der Waals surface area contributed by atoms with Crippen molar-refractivity contribution in [2.24, 2.45) is 0 Å². The van der Waals surface area contributed by atoms with Crippen molar-refractivity contribution in [1.29, 1.82) is 0 Å². The molecule has 0 bridgehead atoms. The van der Waals surface area contributed by atoms with E-state index in [1.54, 1.807) is 0 Å². The van der Waals surface area contributed by atoms with Gasteiger partial charge in [-0.1, -0.05) is 12.2 Å². The van der Waals surface area contributed by atoms with Crippen LogP contribution in [0.25, 0.3) is 0 Å². The standard InChI is InChI=1S/C3H6N2O3S/c6-3(7)2(1-9)4-5-8/h1-2,4-5,8H,(H,6,7)/t2-/m1/s1. The van der Waals surface area contributed by atoms with Crippen molar-refractivity contribution < 1.29 is 15.1 Å². The van der Waals surface area contributed by atoms with E-state index in [1.165, 1.54) is 5.59 Å². The van der Waals surface area contributed by atoms with Gasteiger partial charge in [-0.3, -0.25) is 4.79 Å². The first-order valence-corrected chi connectivity index (χ1v) is 2.52. The Morgan fingerprint density at radius 1 is 1.78 bits per heavy atom. The molecule has 0 unspecified atom stereocenters. The maximum atomic E-state index is 10.0. The molecule has 1 atom stereocenters. The molecule has 0 fully saturated rings. The molecule has 0 rings (SSSR count). The van der Waals surface area contributed by atoms with Crippen LogP contribution in [0.2, 0.25) is 0 Å². The Hall–Kier alpha value is -0.560. The molecule has 0 radical (unpaired) electrons. The van der Waals surface area contributed by atoms with Crippen molar-refractivity contribution in [3.8, 4) is 0 Å². The van der Waals surface area contributed by atoms with Gasteiger partial charge < -0.3 is 10.3 Å². The third-order valence-corrected chi connectivity index (χ3v) is 0.894. The van der Waals surface area contributed by atoms with Crippen LogP contribution in [0.4, 0.5) is 0 Å². The lowest BCUT2D eigenvalue weighted by atomic mass is 10.4. The maximum absolute atomic E-state index is 10.0. The topological polar surface area (TPSA) is 81.6 Å². The highest BCUT2D eigenvalue weighted by Crippen LogP contribution is 1.75. The summed E-state index contributed by atoms with van der Waals surface area (Å²) < 4.78 is 0. The largest absolute Gasteiger partial charge is 0.480 e. The summed E-state index contributed by atoms with van der Waals surface area (Å²) in [6.07, 6.45) is 0. The number of nitrogens with one attached hydrogen (secondary N) is 2. The fraction of sp³-hybridized carbons (Fsp3) is 0.333. The third kappa shape index (κ3) is 3.09. The molecule has 0 aromatic heterocycles. The molecule has 0 aromatic carbocycles. The predicted molar refractivity (Wildman–Crippen MR) is 33.1 cm³/mol. The Morgan fingerprint density at radius 3 is 2.44 bits per heavy atom. The van der Waals surface area contributed by atoms with Crippen LogP contribution in [0.15, 0.2) is 0 Å². The Morgan fingerprint density at radius 2 is 2.33 bits per heavy atom. The predicted octanol–water partition coefficient (Wildman–Crippen LogP) is -1.08. The maximum Gasteiger partial charge on any atom is 0.326 e. The number of thiocarbonyl (C=S) groups is 1. The molecular formula is C3H6N2O3S. The number of rotatable bonds is 4. The van der Waals surface area contributed by atoms with Gasteiger partial charge in [0.1, 0.15) is 6.04 Å². The van der Waals surface area contributed by atoms with Gasteiger partial charge in [-0.25, -0.2) is 5.43 Å². The monoisotopic (exact) mass is 150 g/mol. The van der Waals surface area contributed by atoms with E-state index in [1.807, 2.05) is 5.43 Å². The Balaban J connectivity index is 3.68. The van der Waals surface area contributed by atoms with Crippen LogP contribution in [0, 0.1) is 0 Å². The molecule has 0 amide bonds. The summed E-state index contributed by atoms with van der Waals surface area (Å²) in [5, 5.41) is 17.1. The minimum absolute atomic E-state index is 0.978. The van der Waals surface area contributed by atoms with Crippen molar-refractivity contribution in [1.82, 2.24) is 11.0 Å². The van der Waals surface area contributed by atoms with Gasteiger partial charge in [-0.05, 0) is 0 Å². The number of aliphatic carboxylic acids is 1.